The summed E-state index contributed by atoms with van der Waals surface area (Å²) >= 11 is 0. The van der Waals surface area contributed by atoms with Crippen molar-refractivity contribution in [2.24, 2.45) is 0 Å². The van der Waals surface area contributed by atoms with Crippen molar-refractivity contribution in [1.29, 1.82) is 0 Å². The molecule has 0 atom stereocenters. The molecule has 2 aromatic heterocycles. The van der Waals surface area contributed by atoms with Gasteiger partial charge < -0.3 is 5.32 Å². The first-order valence-electron chi connectivity index (χ1n) is 7.49. The molecule has 0 radical (unpaired) electrons. The zero-order chi connectivity index (χ0) is 14.4. The van der Waals surface area contributed by atoms with E-state index in [0.717, 1.165) is 44.7 Å². The van der Waals surface area contributed by atoms with E-state index in [9.17, 15) is 0 Å². The van der Waals surface area contributed by atoms with Crippen molar-refractivity contribution in [3.63, 3.8) is 0 Å². The molecule has 1 N–H and O–H groups in total. The number of aryl methyl sites for hydroxylation is 3. The first kappa shape index (κ1) is 14.8. The van der Waals surface area contributed by atoms with E-state index in [4.69, 9.17) is 0 Å². The predicted octanol–water partition coefficient (Wildman–Crippen LogP) is 2.50. The van der Waals surface area contributed by atoms with E-state index in [0.29, 0.717) is 0 Å². The van der Waals surface area contributed by atoms with Gasteiger partial charge in [0, 0.05) is 32.4 Å². The monoisotopic (exact) mass is 275 g/mol. The Kier molecular flexibility index (Phi) is 5.35. The molecule has 0 aliphatic heterocycles. The van der Waals surface area contributed by atoms with Gasteiger partial charge in [0.25, 0.3) is 0 Å². The molecular weight excluding hydrogens is 250 g/mol. The fourth-order valence-electron chi connectivity index (χ4n) is 2.39. The van der Waals surface area contributed by atoms with Gasteiger partial charge in [-0.05, 0) is 31.9 Å². The van der Waals surface area contributed by atoms with Gasteiger partial charge in [-0.1, -0.05) is 13.8 Å². The maximum absolute atomic E-state index is 4.52. The maximum atomic E-state index is 4.52. The lowest BCUT2D eigenvalue weighted by molar-refractivity contribution is 0.524. The van der Waals surface area contributed by atoms with Crippen LogP contribution >= 0.6 is 0 Å². The van der Waals surface area contributed by atoms with Crippen molar-refractivity contribution in [2.45, 2.75) is 59.8 Å². The summed E-state index contributed by atoms with van der Waals surface area (Å²) in [6.45, 7) is 10.1. The van der Waals surface area contributed by atoms with Crippen LogP contribution < -0.4 is 5.32 Å². The molecule has 0 saturated carbocycles. The molecule has 110 valence electrons. The molecule has 5 nitrogen and oxygen atoms in total. The van der Waals surface area contributed by atoms with Crippen LogP contribution in [0.5, 0.6) is 0 Å². The highest BCUT2D eigenvalue weighted by atomic mass is 15.3. The van der Waals surface area contributed by atoms with Crippen molar-refractivity contribution in [3.8, 4) is 0 Å². The molecule has 0 fully saturated rings. The molecule has 5 heteroatoms. The number of aromatic nitrogens is 4. The third-order valence-electron chi connectivity index (χ3n) is 3.27. The quantitative estimate of drug-likeness (QED) is 0.805. The van der Waals surface area contributed by atoms with Gasteiger partial charge in [0.05, 0.1) is 17.1 Å². The Bertz CT molecular complexity index is 526. The van der Waals surface area contributed by atoms with Crippen molar-refractivity contribution < 1.29 is 0 Å². The second-order valence-electron chi connectivity index (χ2n) is 5.15. The lowest BCUT2D eigenvalue weighted by Crippen LogP contribution is -2.19. The summed E-state index contributed by atoms with van der Waals surface area (Å²) in [5, 5.41) is 12.4. The van der Waals surface area contributed by atoms with Crippen LogP contribution in [-0.2, 0) is 26.2 Å². The Labute approximate surface area is 121 Å². The predicted molar refractivity (Wildman–Crippen MR) is 80.3 cm³/mol. The van der Waals surface area contributed by atoms with Gasteiger partial charge >= 0.3 is 0 Å². The molecule has 0 amide bonds. The van der Waals surface area contributed by atoms with Crippen LogP contribution in [0.1, 0.15) is 43.8 Å². The highest BCUT2D eigenvalue weighted by Gasteiger charge is 2.05. The van der Waals surface area contributed by atoms with E-state index < -0.39 is 0 Å². The van der Waals surface area contributed by atoms with Gasteiger partial charge in [-0.25, -0.2) is 0 Å². The van der Waals surface area contributed by atoms with Crippen molar-refractivity contribution in [1.82, 2.24) is 24.9 Å². The zero-order valence-electron chi connectivity index (χ0n) is 12.8. The Hall–Kier alpha value is -1.62. The van der Waals surface area contributed by atoms with E-state index in [1.165, 1.54) is 11.4 Å². The summed E-state index contributed by atoms with van der Waals surface area (Å²) in [5.74, 6) is 0. The summed E-state index contributed by atoms with van der Waals surface area (Å²) in [6.07, 6.45) is 4.09. The summed E-state index contributed by atoms with van der Waals surface area (Å²) in [6, 6.07) is 4.24. The third kappa shape index (κ3) is 3.70. The summed E-state index contributed by atoms with van der Waals surface area (Å²) in [4.78, 5) is 0. The molecule has 0 aliphatic rings. The Morgan fingerprint density at radius 1 is 1.05 bits per heavy atom. The van der Waals surface area contributed by atoms with Crippen LogP contribution in [0, 0.1) is 6.92 Å². The molecule has 0 unspecified atom stereocenters. The molecule has 2 rings (SSSR count). The van der Waals surface area contributed by atoms with Gasteiger partial charge in [0.1, 0.15) is 0 Å². The van der Waals surface area contributed by atoms with Gasteiger partial charge in [-0.2, -0.15) is 10.2 Å². The minimum absolute atomic E-state index is 0.844. The van der Waals surface area contributed by atoms with Gasteiger partial charge in [-0.3, -0.25) is 9.36 Å². The van der Waals surface area contributed by atoms with Crippen molar-refractivity contribution in [2.75, 3.05) is 0 Å². The van der Waals surface area contributed by atoms with Crippen molar-refractivity contribution in [3.05, 3.63) is 35.4 Å². The van der Waals surface area contributed by atoms with E-state index in [1.54, 1.807) is 0 Å². The molecular formula is C15H25N5. The standard InChI is InChI=1S/C15H25N5/c1-4-8-19-14(6-7-17-19)11-16-12-15-10-13(3)18-20(15)9-5-2/h6-7,10,16H,4-5,8-9,11-12H2,1-3H3. The van der Waals surface area contributed by atoms with Gasteiger partial charge in [0.2, 0.25) is 0 Å². The first-order chi connectivity index (χ1) is 9.74. The zero-order valence-corrected chi connectivity index (χ0v) is 12.8. The van der Waals surface area contributed by atoms with Crippen LogP contribution in [0.25, 0.3) is 0 Å². The first-order valence-corrected chi connectivity index (χ1v) is 7.49. The fourth-order valence-corrected chi connectivity index (χ4v) is 2.39. The topological polar surface area (TPSA) is 47.7 Å². The lowest BCUT2D eigenvalue weighted by atomic mass is 10.3. The largest absolute Gasteiger partial charge is 0.306 e. The molecule has 2 heterocycles. The van der Waals surface area contributed by atoms with Gasteiger partial charge in [0.15, 0.2) is 0 Å². The summed E-state index contributed by atoms with van der Waals surface area (Å²) in [5.41, 5.74) is 3.59. The Balaban J connectivity index is 1.90. The SMILES string of the molecule is CCCn1nccc1CNCc1cc(C)nn1CCC. The third-order valence-corrected chi connectivity index (χ3v) is 3.27. The number of nitrogens with zero attached hydrogens (tertiary/aromatic N) is 4. The Morgan fingerprint density at radius 2 is 1.75 bits per heavy atom. The highest BCUT2D eigenvalue weighted by Crippen LogP contribution is 2.06. The minimum atomic E-state index is 0.844. The Morgan fingerprint density at radius 3 is 2.50 bits per heavy atom. The second kappa shape index (κ2) is 7.24. The number of hydrogen-bond donors (Lipinski definition) is 1. The number of nitrogens with one attached hydrogen (secondary N) is 1. The minimum Gasteiger partial charge on any atom is -0.306 e. The molecule has 0 spiro atoms. The van der Waals surface area contributed by atoms with Crippen LogP contribution in [0.3, 0.4) is 0 Å². The van der Waals surface area contributed by atoms with E-state index in [1.807, 2.05) is 13.1 Å². The lowest BCUT2D eigenvalue weighted by Gasteiger charge is -2.09. The molecule has 0 bridgehead atoms. The van der Waals surface area contributed by atoms with Crippen LogP contribution in [0.4, 0.5) is 0 Å². The number of hydrogen-bond acceptors (Lipinski definition) is 3. The molecule has 2 aromatic rings. The van der Waals surface area contributed by atoms with Crippen molar-refractivity contribution >= 4 is 0 Å². The van der Waals surface area contributed by atoms with E-state index in [-0.39, 0.29) is 0 Å². The highest BCUT2D eigenvalue weighted by molar-refractivity contribution is 5.09. The average Bonchev–Trinajstić information content (AvgIpc) is 2.99. The molecule has 0 saturated heterocycles. The molecule has 0 aliphatic carbocycles. The summed E-state index contributed by atoms with van der Waals surface area (Å²) < 4.78 is 4.17. The second-order valence-corrected chi connectivity index (χ2v) is 5.15. The van der Waals surface area contributed by atoms with Gasteiger partial charge in [-0.15, -0.1) is 0 Å². The van der Waals surface area contributed by atoms with E-state index in [2.05, 4.69) is 50.9 Å². The fraction of sp³-hybridized carbons (Fsp3) is 0.600. The van der Waals surface area contributed by atoms with E-state index >= 15 is 0 Å². The smallest absolute Gasteiger partial charge is 0.0597 e. The van der Waals surface area contributed by atoms with Crippen LogP contribution in [0.15, 0.2) is 18.3 Å². The molecule has 20 heavy (non-hydrogen) atoms. The van der Waals surface area contributed by atoms with Crippen LogP contribution in [0.2, 0.25) is 0 Å². The average molecular weight is 275 g/mol. The summed E-state index contributed by atoms with van der Waals surface area (Å²) in [7, 11) is 0. The maximum Gasteiger partial charge on any atom is 0.0597 e. The number of rotatable bonds is 8. The normalized spacial score (nSPS) is 11.2. The van der Waals surface area contributed by atoms with Crippen LogP contribution in [-0.4, -0.2) is 19.6 Å². The molecule has 0 aromatic carbocycles.